The van der Waals surface area contributed by atoms with Crippen molar-refractivity contribution >= 4 is 11.7 Å². The molecule has 3 rings (SSSR count). The van der Waals surface area contributed by atoms with Gasteiger partial charge in [0.05, 0.1) is 5.56 Å². The minimum Gasteiger partial charge on any atom is -0.356 e. The first-order valence-electron chi connectivity index (χ1n) is 7.35. The van der Waals surface area contributed by atoms with Crippen molar-refractivity contribution in [2.24, 2.45) is 0 Å². The van der Waals surface area contributed by atoms with Gasteiger partial charge in [0.2, 0.25) is 0 Å². The van der Waals surface area contributed by atoms with Crippen LogP contribution in [0.5, 0.6) is 0 Å². The number of H-pyrrole nitrogens is 2. The molecule has 0 radical (unpaired) electrons. The lowest BCUT2D eigenvalue weighted by Crippen LogP contribution is -2.49. The maximum absolute atomic E-state index is 12.2. The van der Waals surface area contributed by atoms with Gasteiger partial charge in [0, 0.05) is 37.7 Å². The molecule has 23 heavy (non-hydrogen) atoms. The number of carbonyl (C=O) groups excluding carboxylic acids is 1. The number of nitriles is 1. The Morgan fingerprint density at radius 2 is 2.35 bits per heavy atom. The highest BCUT2D eigenvalue weighted by Gasteiger charge is 2.24. The number of hydrogen-bond acceptors (Lipinski definition) is 5. The van der Waals surface area contributed by atoms with Gasteiger partial charge in [0.1, 0.15) is 11.8 Å². The molecule has 1 amide bonds. The minimum absolute atomic E-state index is 0.0773. The summed E-state index contributed by atoms with van der Waals surface area (Å²) in [6.45, 7) is 1.26. The van der Waals surface area contributed by atoms with E-state index in [1.54, 1.807) is 6.20 Å². The average Bonchev–Trinajstić information content (AvgIpc) is 3.05. The van der Waals surface area contributed by atoms with Gasteiger partial charge >= 0.3 is 0 Å². The van der Waals surface area contributed by atoms with E-state index in [9.17, 15) is 9.59 Å². The van der Waals surface area contributed by atoms with Gasteiger partial charge in [0.15, 0.2) is 5.82 Å². The van der Waals surface area contributed by atoms with E-state index in [1.165, 1.54) is 18.5 Å². The number of aromatic amines is 2. The molecule has 0 saturated carbocycles. The van der Waals surface area contributed by atoms with E-state index >= 15 is 0 Å². The third-order valence-electron chi connectivity index (χ3n) is 3.80. The molecule has 8 heteroatoms. The van der Waals surface area contributed by atoms with E-state index in [-0.39, 0.29) is 17.5 Å². The fourth-order valence-electron chi connectivity index (χ4n) is 2.71. The third kappa shape index (κ3) is 3.23. The van der Waals surface area contributed by atoms with E-state index in [0.717, 1.165) is 19.4 Å². The molecule has 1 fully saturated rings. The lowest BCUT2D eigenvalue weighted by atomic mass is 10.1. The Balaban J connectivity index is 1.67. The van der Waals surface area contributed by atoms with Crippen LogP contribution in [0, 0.1) is 11.3 Å². The molecule has 1 atom stereocenters. The molecule has 118 valence electrons. The lowest BCUT2D eigenvalue weighted by molar-refractivity contribution is 0.0928. The van der Waals surface area contributed by atoms with Gasteiger partial charge in [-0.25, -0.2) is 4.98 Å². The third-order valence-corrected chi connectivity index (χ3v) is 3.80. The van der Waals surface area contributed by atoms with Crippen LogP contribution in [0.15, 0.2) is 29.5 Å². The Hall–Kier alpha value is -3.08. The topological polar surface area (TPSA) is 118 Å². The molecular formula is C15H16N6O2. The van der Waals surface area contributed by atoms with Crippen LogP contribution >= 0.6 is 0 Å². The van der Waals surface area contributed by atoms with Gasteiger partial charge < -0.3 is 20.2 Å². The summed E-state index contributed by atoms with van der Waals surface area (Å²) < 4.78 is 0. The second-order valence-corrected chi connectivity index (χ2v) is 5.41. The largest absolute Gasteiger partial charge is 0.356 e. The van der Waals surface area contributed by atoms with Crippen molar-refractivity contribution in [3.63, 3.8) is 0 Å². The van der Waals surface area contributed by atoms with Gasteiger partial charge in [-0.2, -0.15) is 5.26 Å². The van der Waals surface area contributed by atoms with Crippen molar-refractivity contribution in [2.45, 2.75) is 18.9 Å². The highest BCUT2D eigenvalue weighted by atomic mass is 16.2. The van der Waals surface area contributed by atoms with Crippen molar-refractivity contribution < 1.29 is 4.79 Å². The molecule has 8 nitrogen and oxygen atoms in total. The summed E-state index contributed by atoms with van der Waals surface area (Å²) in [4.78, 5) is 35.4. The van der Waals surface area contributed by atoms with Gasteiger partial charge in [-0.3, -0.25) is 9.59 Å². The molecule has 0 bridgehead atoms. The van der Waals surface area contributed by atoms with Crippen LogP contribution in [0.1, 0.15) is 28.9 Å². The molecule has 1 saturated heterocycles. The number of anilines is 1. The summed E-state index contributed by atoms with van der Waals surface area (Å²) in [7, 11) is 0. The molecule has 2 aromatic heterocycles. The first-order chi connectivity index (χ1) is 11.2. The zero-order chi connectivity index (χ0) is 16.2. The predicted octanol–water partition coefficient (Wildman–Crippen LogP) is 0.368. The highest BCUT2D eigenvalue weighted by Crippen LogP contribution is 2.14. The number of rotatable bonds is 3. The predicted molar refractivity (Wildman–Crippen MR) is 83.1 cm³/mol. The summed E-state index contributed by atoms with van der Waals surface area (Å²) in [5.41, 5.74) is 0.539. The fraction of sp³-hybridized carbons (Fsp3) is 0.333. The zero-order valence-electron chi connectivity index (χ0n) is 12.4. The standard InChI is InChI=1S/C15H16N6O2/c16-7-10-6-12(19-8-10)14(22)20-11-2-1-5-21(9-11)13-15(23)18-4-3-17-13/h3-4,6,8,11,19H,1-2,5,9H2,(H,18,23)(H,20,22)/t11-/m0/s1. The van der Waals surface area contributed by atoms with Crippen molar-refractivity contribution in [1.29, 1.82) is 5.26 Å². The number of nitrogens with zero attached hydrogens (tertiary/aromatic N) is 3. The molecular weight excluding hydrogens is 296 g/mol. The summed E-state index contributed by atoms with van der Waals surface area (Å²) >= 11 is 0. The zero-order valence-corrected chi connectivity index (χ0v) is 12.4. The highest BCUT2D eigenvalue weighted by molar-refractivity contribution is 5.93. The normalized spacial score (nSPS) is 17.5. The van der Waals surface area contributed by atoms with Crippen LogP contribution < -0.4 is 15.8 Å². The molecule has 1 aliphatic rings. The Kier molecular flexibility index (Phi) is 4.10. The van der Waals surface area contributed by atoms with Crippen LogP contribution in [0.25, 0.3) is 0 Å². The Morgan fingerprint density at radius 3 is 3.09 bits per heavy atom. The van der Waals surface area contributed by atoms with Gasteiger partial charge in [-0.05, 0) is 18.9 Å². The van der Waals surface area contributed by atoms with Gasteiger partial charge in [-0.1, -0.05) is 0 Å². The van der Waals surface area contributed by atoms with E-state index in [1.807, 2.05) is 11.0 Å². The Bertz CT molecular complexity index is 803. The number of amides is 1. The quantitative estimate of drug-likeness (QED) is 0.756. The average molecular weight is 312 g/mol. The maximum Gasteiger partial charge on any atom is 0.290 e. The molecule has 2 aromatic rings. The molecule has 1 aliphatic heterocycles. The van der Waals surface area contributed by atoms with E-state index < -0.39 is 0 Å². The smallest absolute Gasteiger partial charge is 0.290 e. The van der Waals surface area contributed by atoms with Crippen LogP contribution in [-0.2, 0) is 0 Å². The van der Waals surface area contributed by atoms with Crippen molar-refractivity contribution in [3.05, 3.63) is 46.3 Å². The monoisotopic (exact) mass is 312 g/mol. The molecule has 0 aromatic carbocycles. The summed E-state index contributed by atoms with van der Waals surface area (Å²) in [5, 5.41) is 11.7. The van der Waals surface area contributed by atoms with Crippen molar-refractivity contribution in [3.8, 4) is 6.07 Å². The molecule has 3 N–H and O–H groups in total. The minimum atomic E-state index is -0.256. The van der Waals surface area contributed by atoms with Crippen LogP contribution in [0.4, 0.5) is 5.82 Å². The number of aromatic nitrogens is 3. The lowest BCUT2D eigenvalue weighted by Gasteiger charge is -2.33. The van der Waals surface area contributed by atoms with Crippen LogP contribution in [0.3, 0.4) is 0 Å². The second kappa shape index (κ2) is 6.36. The molecule has 0 unspecified atom stereocenters. The Morgan fingerprint density at radius 1 is 1.48 bits per heavy atom. The second-order valence-electron chi connectivity index (χ2n) is 5.41. The SMILES string of the molecule is N#Cc1c[nH]c(C(=O)N[C@H]2CCCN(c3ncc[nH]c3=O)C2)c1. The Labute approximate surface area is 132 Å². The number of carbonyl (C=O) groups is 1. The van der Waals surface area contributed by atoms with Crippen molar-refractivity contribution in [1.82, 2.24) is 20.3 Å². The van der Waals surface area contributed by atoms with Crippen molar-refractivity contribution in [2.75, 3.05) is 18.0 Å². The number of piperidine rings is 1. The van der Waals surface area contributed by atoms with E-state index in [0.29, 0.717) is 23.6 Å². The summed E-state index contributed by atoms with van der Waals surface area (Å²) in [6.07, 6.45) is 6.22. The first-order valence-corrected chi connectivity index (χ1v) is 7.35. The summed E-state index contributed by atoms with van der Waals surface area (Å²) in [6, 6.07) is 3.41. The van der Waals surface area contributed by atoms with Crippen LogP contribution in [-0.4, -0.2) is 40.0 Å². The number of hydrogen-bond donors (Lipinski definition) is 3. The van der Waals surface area contributed by atoms with E-state index in [4.69, 9.17) is 5.26 Å². The first kappa shape index (κ1) is 14.8. The van der Waals surface area contributed by atoms with Gasteiger partial charge in [0.25, 0.3) is 11.5 Å². The fourth-order valence-corrected chi connectivity index (χ4v) is 2.71. The van der Waals surface area contributed by atoms with E-state index in [2.05, 4.69) is 20.3 Å². The molecule has 0 aliphatic carbocycles. The molecule has 3 heterocycles. The number of nitrogens with one attached hydrogen (secondary N) is 3. The van der Waals surface area contributed by atoms with Gasteiger partial charge in [-0.15, -0.1) is 0 Å². The maximum atomic E-state index is 12.2. The molecule has 0 spiro atoms. The summed E-state index contributed by atoms with van der Waals surface area (Å²) in [5.74, 6) is 0.117. The van der Waals surface area contributed by atoms with Crippen LogP contribution in [0.2, 0.25) is 0 Å².